The number of nitrogens with zero attached hydrogens (tertiary/aromatic N) is 3. The summed E-state index contributed by atoms with van der Waals surface area (Å²) in [7, 11) is 8.05. The number of carbonyl (C=O) groups is 1. The van der Waals surface area contributed by atoms with Gasteiger partial charge in [0.05, 0.1) is 5.69 Å². The van der Waals surface area contributed by atoms with Gasteiger partial charge in [-0.3, -0.25) is 4.98 Å². The molecule has 0 unspecified atom stereocenters. The molecule has 1 aromatic heterocycles. The smallest absolute Gasteiger partial charge is 0.319 e. The lowest BCUT2D eigenvalue weighted by Gasteiger charge is -2.13. The average Bonchev–Trinajstić information content (AvgIpc) is 2.88. The minimum atomic E-state index is -0.226. The second kappa shape index (κ2) is 12.4. The maximum absolute atomic E-state index is 12.2. The van der Waals surface area contributed by atoms with E-state index in [1.165, 1.54) is 11.3 Å². The molecule has 0 aliphatic heterocycles. The predicted octanol–water partition coefficient (Wildman–Crippen LogP) is 4.83. The molecule has 1 heterocycles. The molecule has 0 atom stereocenters. The van der Waals surface area contributed by atoms with Gasteiger partial charge in [0, 0.05) is 75.8 Å². The van der Waals surface area contributed by atoms with Crippen LogP contribution in [0.15, 0.2) is 85.2 Å². The number of amides is 2. The Balaban J connectivity index is 0.000000261. The van der Waals surface area contributed by atoms with Gasteiger partial charge in [-0.05, 0) is 47.5 Å². The van der Waals surface area contributed by atoms with Crippen molar-refractivity contribution in [3.8, 4) is 0 Å². The van der Waals surface area contributed by atoms with Crippen LogP contribution in [0.2, 0.25) is 0 Å². The number of rotatable bonds is 6. The molecule has 4 aromatic rings. The normalized spacial score (nSPS) is 10.2. The zero-order valence-electron chi connectivity index (χ0n) is 20.8. The monoisotopic (exact) mass is 470 g/mol. The summed E-state index contributed by atoms with van der Waals surface area (Å²) in [6.45, 7) is 1.10. The van der Waals surface area contributed by atoms with Crippen molar-refractivity contribution >= 4 is 33.9 Å². The standard InChI is InChI=1S/C19H20N4O.C9H14N2/c1-23(2)16-8-6-14(7-9-16)12-21-19(24)22-18-5-3-4-15-13-20-11-10-17(15)18;1-11(2)9-5-3-8(7-10)4-6-9/h3-11,13H,12H2,1-2H3,(H2,21,22,24);3-6H,7,10H2,1-2H3. The van der Waals surface area contributed by atoms with Crippen LogP contribution in [0.1, 0.15) is 11.1 Å². The summed E-state index contributed by atoms with van der Waals surface area (Å²) >= 11 is 0. The Labute approximate surface area is 207 Å². The molecule has 0 bridgehead atoms. The van der Waals surface area contributed by atoms with E-state index in [1.54, 1.807) is 12.4 Å². The molecular weight excluding hydrogens is 436 g/mol. The van der Waals surface area contributed by atoms with Crippen molar-refractivity contribution in [1.29, 1.82) is 0 Å². The summed E-state index contributed by atoms with van der Waals surface area (Å²) in [4.78, 5) is 20.4. The van der Waals surface area contributed by atoms with Crippen molar-refractivity contribution in [2.24, 2.45) is 5.73 Å². The third-order valence-corrected chi connectivity index (χ3v) is 5.52. The van der Waals surface area contributed by atoms with Crippen molar-refractivity contribution in [3.63, 3.8) is 0 Å². The number of benzene rings is 3. The molecule has 0 fully saturated rings. The van der Waals surface area contributed by atoms with Crippen molar-refractivity contribution in [1.82, 2.24) is 10.3 Å². The van der Waals surface area contributed by atoms with E-state index in [9.17, 15) is 4.79 Å². The molecule has 3 aromatic carbocycles. The number of aromatic nitrogens is 1. The Morgan fingerprint density at radius 3 is 2.00 bits per heavy atom. The zero-order valence-corrected chi connectivity index (χ0v) is 20.8. The summed E-state index contributed by atoms with van der Waals surface area (Å²) in [5, 5.41) is 7.75. The van der Waals surface area contributed by atoms with Gasteiger partial charge in [0.15, 0.2) is 0 Å². The highest BCUT2D eigenvalue weighted by molar-refractivity contribution is 6.01. The van der Waals surface area contributed by atoms with Gasteiger partial charge in [-0.2, -0.15) is 0 Å². The van der Waals surface area contributed by atoms with Gasteiger partial charge in [-0.1, -0.05) is 36.4 Å². The molecule has 7 nitrogen and oxygen atoms in total. The van der Waals surface area contributed by atoms with Crippen LogP contribution >= 0.6 is 0 Å². The first-order valence-electron chi connectivity index (χ1n) is 11.5. The predicted molar refractivity (Wildman–Crippen MR) is 147 cm³/mol. The fourth-order valence-electron chi connectivity index (χ4n) is 3.42. The number of pyridine rings is 1. The molecule has 0 spiro atoms. The van der Waals surface area contributed by atoms with Crippen LogP contribution in [0.25, 0.3) is 10.8 Å². The minimum absolute atomic E-state index is 0.226. The van der Waals surface area contributed by atoms with Crippen LogP contribution in [0, 0.1) is 0 Å². The van der Waals surface area contributed by atoms with E-state index in [4.69, 9.17) is 5.73 Å². The maximum Gasteiger partial charge on any atom is 0.319 e. The van der Waals surface area contributed by atoms with Crippen LogP contribution in [0.4, 0.5) is 21.9 Å². The molecule has 0 saturated carbocycles. The topological polar surface area (TPSA) is 86.5 Å². The second-order valence-corrected chi connectivity index (χ2v) is 8.54. The highest BCUT2D eigenvalue weighted by Gasteiger charge is 2.05. The second-order valence-electron chi connectivity index (χ2n) is 8.54. The summed E-state index contributed by atoms with van der Waals surface area (Å²) in [6, 6.07) is 23.8. The molecule has 4 rings (SSSR count). The van der Waals surface area contributed by atoms with E-state index < -0.39 is 0 Å². The van der Waals surface area contributed by atoms with Gasteiger partial charge in [-0.25, -0.2) is 4.79 Å². The first kappa shape index (κ1) is 25.5. The molecule has 0 saturated heterocycles. The molecule has 182 valence electrons. The molecule has 7 heteroatoms. The quantitative estimate of drug-likeness (QED) is 0.376. The third kappa shape index (κ3) is 7.45. The fraction of sp³-hybridized carbons (Fsp3) is 0.214. The Hall–Kier alpha value is -4.10. The molecule has 4 N–H and O–H groups in total. The first-order chi connectivity index (χ1) is 16.9. The summed E-state index contributed by atoms with van der Waals surface area (Å²) < 4.78 is 0. The largest absolute Gasteiger partial charge is 0.378 e. The van der Waals surface area contributed by atoms with E-state index in [0.717, 1.165) is 27.7 Å². The molecule has 2 amide bonds. The highest BCUT2D eigenvalue weighted by Crippen LogP contribution is 2.22. The number of urea groups is 1. The van der Waals surface area contributed by atoms with Crippen LogP contribution in [-0.2, 0) is 13.1 Å². The molecule has 0 aliphatic carbocycles. The van der Waals surface area contributed by atoms with E-state index in [2.05, 4.69) is 44.8 Å². The van der Waals surface area contributed by atoms with Gasteiger partial charge < -0.3 is 26.2 Å². The van der Waals surface area contributed by atoms with Crippen molar-refractivity contribution in [2.45, 2.75) is 13.1 Å². The fourth-order valence-corrected chi connectivity index (χ4v) is 3.42. The number of hydrogen-bond acceptors (Lipinski definition) is 5. The van der Waals surface area contributed by atoms with Crippen LogP contribution in [-0.4, -0.2) is 39.2 Å². The van der Waals surface area contributed by atoms with Crippen LogP contribution in [0.5, 0.6) is 0 Å². The van der Waals surface area contributed by atoms with Crippen LogP contribution < -0.4 is 26.2 Å². The Morgan fingerprint density at radius 2 is 1.43 bits per heavy atom. The molecule has 35 heavy (non-hydrogen) atoms. The third-order valence-electron chi connectivity index (χ3n) is 5.52. The molecule has 0 aliphatic rings. The Bertz CT molecular complexity index is 1220. The number of hydrogen-bond donors (Lipinski definition) is 3. The highest BCUT2D eigenvalue weighted by atomic mass is 16.2. The van der Waals surface area contributed by atoms with Gasteiger partial charge in [0.2, 0.25) is 0 Å². The number of carbonyl (C=O) groups excluding carboxylic acids is 1. The summed E-state index contributed by atoms with van der Waals surface area (Å²) in [5.41, 5.74) is 10.8. The number of fused-ring (bicyclic) bond motifs is 1. The van der Waals surface area contributed by atoms with Gasteiger partial charge in [0.1, 0.15) is 0 Å². The minimum Gasteiger partial charge on any atom is -0.378 e. The number of nitrogens with one attached hydrogen (secondary N) is 2. The summed E-state index contributed by atoms with van der Waals surface area (Å²) in [6.07, 6.45) is 3.50. The van der Waals surface area contributed by atoms with Gasteiger partial charge in [0.25, 0.3) is 0 Å². The van der Waals surface area contributed by atoms with Gasteiger partial charge in [-0.15, -0.1) is 0 Å². The lowest BCUT2D eigenvalue weighted by atomic mass is 10.1. The van der Waals surface area contributed by atoms with Crippen molar-refractivity contribution in [3.05, 3.63) is 96.3 Å². The van der Waals surface area contributed by atoms with E-state index in [-0.39, 0.29) is 6.03 Å². The van der Waals surface area contributed by atoms with Crippen molar-refractivity contribution < 1.29 is 4.79 Å². The molecule has 0 radical (unpaired) electrons. The number of anilines is 3. The van der Waals surface area contributed by atoms with E-state index in [0.29, 0.717) is 13.1 Å². The maximum atomic E-state index is 12.2. The lowest BCUT2D eigenvalue weighted by Crippen LogP contribution is -2.28. The van der Waals surface area contributed by atoms with Crippen molar-refractivity contribution in [2.75, 3.05) is 43.3 Å². The van der Waals surface area contributed by atoms with Crippen LogP contribution in [0.3, 0.4) is 0 Å². The molecular formula is C28H34N6O. The Morgan fingerprint density at radius 1 is 0.829 bits per heavy atom. The zero-order chi connectivity index (χ0) is 25.2. The van der Waals surface area contributed by atoms with Gasteiger partial charge >= 0.3 is 6.03 Å². The average molecular weight is 471 g/mol. The Kier molecular flexibility index (Phi) is 9.03. The lowest BCUT2D eigenvalue weighted by molar-refractivity contribution is 0.252. The SMILES string of the molecule is CN(C)c1ccc(CN)cc1.CN(C)c1ccc(CNC(=O)Nc2cccc3cnccc23)cc1. The van der Waals surface area contributed by atoms with E-state index in [1.807, 2.05) is 81.6 Å². The van der Waals surface area contributed by atoms with E-state index >= 15 is 0 Å². The first-order valence-corrected chi connectivity index (χ1v) is 11.5. The number of nitrogens with two attached hydrogens (primary N) is 1. The summed E-state index contributed by atoms with van der Waals surface area (Å²) in [5.74, 6) is 0.